The van der Waals surface area contributed by atoms with Gasteiger partial charge in [-0.05, 0) is 60.7 Å². The first-order valence-corrected chi connectivity index (χ1v) is 14.9. The van der Waals surface area contributed by atoms with E-state index in [9.17, 15) is 29.9 Å². The van der Waals surface area contributed by atoms with Crippen LogP contribution in [0.4, 0.5) is 17.1 Å². The second kappa shape index (κ2) is 12.6. The molecular weight excluding hydrogens is 628 g/mol. The predicted molar refractivity (Wildman–Crippen MR) is 179 cm³/mol. The van der Waals surface area contributed by atoms with Crippen molar-refractivity contribution in [3.05, 3.63) is 160 Å². The number of aromatic hydroxyl groups is 2. The van der Waals surface area contributed by atoms with Crippen LogP contribution in [0.15, 0.2) is 127 Å². The molecule has 6 aromatic rings. The van der Waals surface area contributed by atoms with Gasteiger partial charge in [-0.25, -0.2) is 0 Å². The van der Waals surface area contributed by atoms with Gasteiger partial charge in [0, 0.05) is 17.8 Å². The van der Waals surface area contributed by atoms with Crippen molar-refractivity contribution in [2.45, 2.75) is 0 Å². The lowest BCUT2D eigenvalue weighted by atomic mass is 9.81. The van der Waals surface area contributed by atoms with Crippen LogP contribution in [0.5, 0.6) is 46.0 Å². The molecule has 11 nitrogen and oxygen atoms in total. The van der Waals surface area contributed by atoms with Gasteiger partial charge in [0.1, 0.15) is 34.4 Å². The lowest BCUT2D eigenvalue weighted by Gasteiger charge is -2.28. The van der Waals surface area contributed by atoms with Crippen LogP contribution in [-0.4, -0.2) is 26.7 Å². The van der Waals surface area contributed by atoms with Crippen LogP contribution in [0.1, 0.15) is 31.8 Å². The Kier molecular flexibility index (Phi) is 7.83. The molecule has 0 heterocycles. The minimum atomic E-state index is -0.833. The third kappa shape index (κ3) is 5.72. The number of ketones is 2. The number of hydrogen-bond acceptors (Lipinski definition) is 10. The number of nitrogens with zero attached hydrogens (tertiary/aromatic N) is 1. The van der Waals surface area contributed by atoms with Crippen LogP contribution in [0.25, 0.3) is 0 Å². The minimum Gasteiger partial charge on any atom is -0.507 e. The number of phenols is 2. The van der Waals surface area contributed by atoms with Crippen LogP contribution >= 0.6 is 0 Å². The van der Waals surface area contributed by atoms with E-state index in [1.54, 1.807) is 91.0 Å². The van der Waals surface area contributed by atoms with E-state index in [4.69, 9.17) is 14.2 Å². The molecule has 7 rings (SSSR count). The first-order valence-electron chi connectivity index (χ1n) is 14.9. The Hall–Kier alpha value is -7.14. The molecule has 240 valence electrons. The number of para-hydroxylation sites is 3. The Morgan fingerprint density at radius 2 is 0.918 bits per heavy atom. The highest BCUT2D eigenvalue weighted by molar-refractivity contribution is 6.33. The fourth-order valence-electron chi connectivity index (χ4n) is 5.45. The molecule has 11 heteroatoms. The van der Waals surface area contributed by atoms with Gasteiger partial charge in [0.25, 0.3) is 5.69 Å². The van der Waals surface area contributed by atoms with Crippen molar-refractivity contribution in [3.8, 4) is 46.0 Å². The van der Waals surface area contributed by atoms with E-state index in [1.165, 1.54) is 24.3 Å². The van der Waals surface area contributed by atoms with Gasteiger partial charge in [0.05, 0.1) is 27.2 Å². The zero-order valence-corrected chi connectivity index (χ0v) is 25.3. The average Bonchev–Trinajstić information content (AvgIpc) is 3.12. The normalized spacial score (nSPS) is 11.7. The maximum absolute atomic E-state index is 14.5. The molecule has 0 fully saturated rings. The summed E-state index contributed by atoms with van der Waals surface area (Å²) < 4.78 is 19.3. The van der Waals surface area contributed by atoms with E-state index in [0.29, 0.717) is 11.4 Å². The molecule has 49 heavy (non-hydrogen) atoms. The molecule has 3 N–H and O–H groups in total. The van der Waals surface area contributed by atoms with Gasteiger partial charge in [0.15, 0.2) is 17.2 Å². The van der Waals surface area contributed by atoms with Crippen LogP contribution in [-0.2, 0) is 0 Å². The van der Waals surface area contributed by atoms with Crippen LogP contribution in [0.3, 0.4) is 0 Å². The molecule has 0 aliphatic heterocycles. The van der Waals surface area contributed by atoms with Crippen molar-refractivity contribution in [2.24, 2.45) is 0 Å². The predicted octanol–water partition coefficient (Wildman–Crippen LogP) is 8.90. The van der Waals surface area contributed by atoms with Crippen molar-refractivity contribution in [2.75, 3.05) is 5.32 Å². The lowest BCUT2D eigenvalue weighted by Crippen LogP contribution is -2.24. The van der Waals surface area contributed by atoms with Crippen LogP contribution in [0, 0.1) is 10.1 Å². The number of anilines is 2. The fourth-order valence-corrected chi connectivity index (χ4v) is 5.45. The average molecular weight is 653 g/mol. The molecule has 0 amide bonds. The molecule has 0 bridgehead atoms. The molecule has 0 unspecified atom stereocenters. The molecule has 1 aliphatic rings. The molecule has 1 aliphatic carbocycles. The Morgan fingerprint density at radius 3 is 1.37 bits per heavy atom. The van der Waals surface area contributed by atoms with Gasteiger partial charge in [-0.1, -0.05) is 54.6 Å². The number of nitro benzene ring substituents is 1. The summed E-state index contributed by atoms with van der Waals surface area (Å²) in [4.78, 5) is 39.9. The largest absolute Gasteiger partial charge is 0.507 e. The summed E-state index contributed by atoms with van der Waals surface area (Å²) in [6.07, 6.45) is 0. The van der Waals surface area contributed by atoms with Crippen molar-refractivity contribution in [1.29, 1.82) is 0 Å². The van der Waals surface area contributed by atoms with Gasteiger partial charge in [-0.2, -0.15) is 0 Å². The third-order valence-corrected chi connectivity index (χ3v) is 7.67. The van der Waals surface area contributed by atoms with Gasteiger partial charge < -0.3 is 29.7 Å². The Labute approximate surface area is 278 Å². The van der Waals surface area contributed by atoms with E-state index in [1.807, 2.05) is 0 Å². The lowest BCUT2D eigenvalue weighted by molar-refractivity contribution is -0.384. The van der Waals surface area contributed by atoms with E-state index in [2.05, 4.69) is 5.32 Å². The standard InChI is InChI=1S/C38H24N2O9/c41-27-20-21-28(42)30-29(27)34(43)31-32(35(30)44)37(48-25-12-6-2-7-13-25)38(49-26-14-8-3-9-15-26)33(36(31)47-24-10-4-1-5-11-24)39-22-16-18-23(19-17-22)40(45)46/h1-21,39,41-42H. The molecule has 0 aromatic heterocycles. The second-order valence-electron chi connectivity index (χ2n) is 10.8. The summed E-state index contributed by atoms with van der Waals surface area (Å²) in [7, 11) is 0. The van der Waals surface area contributed by atoms with Crippen molar-refractivity contribution < 1.29 is 38.9 Å². The number of ether oxygens (including phenoxy) is 3. The zero-order chi connectivity index (χ0) is 34.1. The number of carbonyl (C=O) groups excluding carboxylic acids is 2. The Morgan fingerprint density at radius 1 is 0.510 bits per heavy atom. The van der Waals surface area contributed by atoms with Gasteiger partial charge in [-0.15, -0.1) is 0 Å². The summed E-state index contributed by atoms with van der Waals surface area (Å²) in [5.74, 6) is -2.26. The summed E-state index contributed by atoms with van der Waals surface area (Å²) in [6, 6.07) is 33.3. The highest BCUT2D eigenvalue weighted by Crippen LogP contribution is 2.56. The summed E-state index contributed by atoms with van der Waals surface area (Å²) in [6.45, 7) is 0. The van der Waals surface area contributed by atoms with Gasteiger partial charge in [0.2, 0.25) is 11.6 Å². The van der Waals surface area contributed by atoms with Crippen molar-refractivity contribution in [3.63, 3.8) is 0 Å². The van der Waals surface area contributed by atoms with Crippen molar-refractivity contribution in [1.82, 2.24) is 0 Å². The topological polar surface area (TPSA) is 157 Å². The molecule has 0 saturated carbocycles. The quantitative estimate of drug-likeness (QED) is 0.0781. The van der Waals surface area contributed by atoms with Crippen LogP contribution in [0.2, 0.25) is 0 Å². The molecule has 0 spiro atoms. The number of carbonyl (C=O) groups is 2. The number of fused-ring (bicyclic) bond motifs is 2. The molecule has 6 aromatic carbocycles. The highest BCUT2D eigenvalue weighted by atomic mass is 16.6. The number of phenolic OH excluding ortho intramolecular Hbond substituents is 2. The Bertz CT molecular complexity index is 2240. The zero-order valence-electron chi connectivity index (χ0n) is 25.3. The number of hydrogen-bond donors (Lipinski definition) is 3. The third-order valence-electron chi connectivity index (χ3n) is 7.67. The molecule has 0 radical (unpaired) electrons. The number of nitrogens with one attached hydrogen (secondary N) is 1. The number of nitro groups is 1. The van der Waals surface area contributed by atoms with Gasteiger partial charge in [-0.3, -0.25) is 19.7 Å². The fraction of sp³-hybridized carbons (Fsp3) is 0. The van der Waals surface area contributed by atoms with E-state index >= 15 is 0 Å². The van der Waals surface area contributed by atoms with E-state index < -0.39 is 39.1 Å². The van der Waals surface area contributed by atoms with Crippen LogP contribution < -0.4 is 19.5 Å². The first kappa shape index (κ1) is 30.5. The molecule has 0 saturated heterocycles. The first-order chi connectivity index (χ1) is 23.8. The van der Waals surface area contributed by atoms with Crippen molar-refractivity contribution >= 4 is 28.6 Å². The smallest absolute Gasteiger partial charge is 0.269 e. The highest BCUT2D eigenvalue weighted by Gasteiger charge is 2.43. The van der Waals surface area contributed by atoms with E-state index in [0.717, 1.165) is 12.1 Å². The maximum atomic E-state index is 14.5. The Balaban J connectivity index is 1.59. The SMILES string of the molecule is O=C1c2c(O)ccc(O)c2C(=O)c2c(Oc3ccccc3)c(Oc3ccccc3)c(Nc3ccc([N+](=O)[O-])cc3)c(Oc3ccccc3)c21. The van der Waals surface area contributed by atoms with E-state index in [-0.39, 0.29) is 51.2 Å². The minimum absolute atomic E-state index is 0.0236. The summed E-state index contributed by atoms with van der Waals surface area (Å²) in [5.41, 5.74) is -1.19. The summed E-state index contributed by atoms with van der Waals surface area (Å²) >= 11 is 0. The monoisotopic (exact) mass is 652 g/mol. The van der Waals surface area contributed by atoms with Gasteiger partial charge >= 0.3 is 0 Å². The maximum Gasteiger partial charge on any atom is 0.269 e. The number of rotatable bonds is 9. The number of non-ortho nitro benzene ring substituents is 1. The summed E-state index contributed by atoms with van der Waals surface area (Å²) in [5, 5.41) is 36.3. The second-order valence-corrected chi connectivity index (χ2v) is 10.8. The molecule has 0 atom stereocenters. The number of benzene rings is 6. The molecular formula is C38H24N2O9.